The molecule has 0 bridgehead atoms. The van der Waals surface area contributed by atoms with Gasteiger partial charge in [0.2, 0.25) is 0 Å². The van der Waals surface area contributed by atoms with Crippen LogP contribution in [-0.2, 0) is 12.1 Å². The van der Waals surface area contributed by atoms with Gasteiger partial charge in [-0.2, -0.15) is 13.2 Å². The second kappa shape index (κ2) is 6.91. The first-order chi connectivity index (χ1) is 9.97. The van der Waals surface area contributed by atoms with Crippen LogP contribution in [-0.4, -0.2) is 12.6 Å². The van der Waals surface area contributed by atoms with E-state index in [0.29, 0.717) is 11.7 Å². The number of benzene rings is 1. The van der Waals surface area contributed by atoms with Crippen molar-refractivity contribution in [2.75, 3.05) is 11.4 Å². The molecule has 1 unspecified atom stereocenters. The Labute approximate surface area is 129 Å². The van der Waals surface area contributed by atoms with E-state index in [1.807, 2.05) is 0 Å². The van der Waals surface area contributed by atoms with Crippen molar-refractivity contribution in [1.82, 2.24) is 0 Å². The van der Waals surface area contributed by atoms with Crippen molar-refractivity contribution in [2.24, 2.45) is 0 Å². The molecule has 1 aliphatic heterocycles. The smallest absolute Gasteiger partial charge is 0.369 e. The van der Waals surface area contributed by atoms with Gasteiger partial charge in [0, 0.05) is 24.2 Å². The number of rotatable bonds is 4. The topological polar surface area (TPSA) is 3.24 Å². The van der Waals surface area contributed by atoms with Crippen LogP contribution in [0.1, 0.15) is 50.2 Å². The third kappa shape index (κ3) is 3.85. The molecule has 1 atom stereocenters. The molecule has 0 amide bonds. The summed E-state index contributed by atoms with van der Waals surface area (Å²) in [7, 11) is 0. The maximum atomic E-state index is 13.2. The van der Waals surface area contributed by atoms with Crippen LogP contribution < -0.4 is 4.90 Å². The minimum atomic E-state index is -4.35. The lowest BCUT2D eigenvalue weighted by molar-refractivity contribution is -0.138. The highest BCUT2D eigenvalue weighted by molar-refractivity contribution is 6.17. The van der Waals surface area contributed by atoms with Crippen LogP contribution in [0.15, 0.2) is 18.2 Å². The van der Waals surface area contributed by atoms with E-state index in [9.17, 15) is 13.2 Å². The summed E-state index contributed by atoms with van der Waals surface area (Å²) in [6.07, 6.45) is 0.986. The summed E-state index contributed by atoms with van der Waals surface area (Å²) in [5.41, 5.74) is 0.224. The number of alkyl halides is 4. The summed E-state index contributed by atoms with van der Waals surface area (Å²) in [6, 6.07) is 4.92. The molecule has 1 aliphatic rings. The molecule has 0 saturated carbocycles. The first kappa shape index (κ1) is 16.5. The lowest BCUT2D eigenvalue weighted by atomic mass is 9.96. The number of anilines is 1. The zero-order valence-corrected chi connectivity index (χ0v) is 13.0. The molecule has 1 nitrogen and oxygen atoms in total. The van der Waals surface area contributed by atoms with Crippen LogP contribution in [0.3, 0.4) is 0 Å². The number of hydrogen-bond acceptors (Lipinski definition) is 1. The molecule has 0 N–H and O–H groups in total. The molecule has 5 heteroatoms. The highest BCUT2D eigenvalue weighted by atomic mass is 35.5. The monoisotopic (exact) mass is 319 g/mol. The quantitative estimate of drug-likeness (QED) is 0.653. The van der Waals surface area contributed by atoms with E-state index in [4.69, 9.17) is 11.6 Å². The fourth-order valence-corrected chi connectivity index (χ4v) is 3.33. The lowest BCUT2D eigenvalue weighted by Crippen LogP contribution is -2.39. The van der Waals surface area contributed by atoms with Gasteiger partial charge in [-0.25, -0.2) is 0 Å². The number of piperidine rings is 1. The Morgan fingerprint density at radius 2 is 2.05 bits per heavy atom. The van der Waals surface area contributed by atoms with Gasteiger partial charge in [0.25, 0.3) is 0 Å². The van der Waals surface area contributed by atoms with E-state index in [1.54, 1.807) is 6.07 Å². The van der Waals surface area contributed by atoms with E-state index in [0.717, 1.165) is 38.6 Å². The molecule has 21 heavy (non-hydrogen) atoms. The summed E-state index contributed by atoms with van der Waals surface area (Å²) < 4.78 is 39.5. The van der Waals surface area contributed by atoms with Gasteiger partial charge in [0.1, 0.15) is 0 Å². The predicted molar refractivity (Wildman–Crippen MR) is 80.9 cm³/mol. The van der Waals surface area contributed by atoms with E-state index < -0.39 is 11.7 Å². The Bertz CT molecular complexity index is 471. The third-order valence-corrected chi connectivity index (χ3v) is 4.41. The van der Waals surface area contributed by atoms with Crippen LogP contribution in [0.25, 0.3) is 0 Å². The largest absolute Gasteiger partial charge is 0.416 e. The van der Waals surface area contributed by atoms with Crippen LogP contribution in [0.5, 0.6) is 0 Å². The SMILES string of the molecule is CCCC1CCCCN1c1ccc(CCl)c(C(F)(F)F)c1. The Balaban J connectivity index is 2.34. The van der Waals surface area contributed by atoms with Gasteiger partial charge in [-0.15, -0.1) is 11.6 Å². The zero-order valence-electron chi connectivity index (χ0n) is 12.2. The average molecular weight is 320 g/mol. The van der Waals surface area contributed by atoms with Crippen molar-refractivity contribution in [2.45, 2.75) is 57.1 Å². The summed E-state index contributed by atoms with van der Waals surface area (Å²) in [4.78, 5) is 2.14. The van der Waals surface area contributed by atoms with Gasteiger partial charge in [-0.1, -0.05) is 19.4 Å². The van der Waals surface area contributed by atoms with Gasteiger partial charge >= 0.3 is 6.18 Å². The summed E-state index contributed by atoms with van der Waals surface area (Å²) in [5.74, 6) is -0.118. The zero-order chi connectivity index (χ0) is 15.5. The molecule has 1 heterocycles. The Morgan fingerprint density at radius 3 is 2.67 bits per heavy atom. The standard InChI is InChI=1S/C16H21ClF3N/c1-2-5-13-6-3-4-9-21(13)14-8-7-12(11-17)15(10-14)16(18,19)20/h7-8,10,13H,2-6,9,11H2,1H3. The number of hydrogen-bond donors (Lipinski definition) is 0. The van der Waals surface area contributed by atoms with Gasteiger partial charge < -0.3 is 4.90 Å². The summed E-state index contributed by atoms with van der Waals surface area (Å²) >= 11 is 5.64. The van der Waals surface area contributed by atoms with Crippen molar-refractivity contribution in [1.29, 1.82) is 0 Å². The average Bonchev–Trinajstić information content (AvgIpc) is 2.46. The van der Waals surface area contributed by atoms with Gasteiger partial charge in [0.15, 0.2) is 0 Å². The van der Waals surface area contributed by atoms with Crippen molar-refractivity contribution in [3.05, 3.63) is 29.3 Å². The van der Waals surface area contributed by atoms with Crippen LogP contribution in [0, 0.1) is 0 Å². The van der Waals surface area contributed by atoms with E-state index >= 15 is 0 Å². The molecule has 0 aromatic heterocycles. The van der Waals surface area contributed by atoms with Crippen molar-refractivity contribution in [3.63, 3.8) is 0 Å². The van der Waals surface area contributed by atoms with Crippen LogP contribution >= 0.6 is 11.6 Å². The molecule has 2 rings (SSSR count). The van der Waals surface area contributed by atoms with Crippen molar-refractivity contribution < 1.29 is 13.2 Å². The summed E-state index contributed by atoms with van der Waals surface area (Å²) in [6.45, 7) is 2.95. The first-order valence-corrected chi connectivity index (χ1v) is 8.03. The van der Waals surface area contributed by atoms with Crippen LogP contribution in [0.2, 0.25) is 0 Å². The predicted octanol–water partition coefficient (Wildman–Crippen LogP) is 5.60. The minimum Gasteiger partial charge on any atom is -0.369 e. The molecule has 118 valence electrons. The highest BCUT2D eigenvalue weighted by Gasteiger charge is 2.34. The maximum Gasteiger partial charge on any atom is 0.416 e. The number of nitrogens with zero attached hydrogens (tertiary/aromatic N) is 1. The first-order valence-electron chi connectivity index (χ1n) is 7.50. The second-order valence-electron chi connectivity index (χ2n) is 5.60. The fourth-order valence-electron chi connectivity index (χ4n) is 3.10. The molecule has 0 spiro atoms. The summed E-state index contributed by atoms with van der Waals surface area (Å²) in [5, 5.41) is 0. The van der Waals surface area contributed by atoms with Crippen LogP contribution in [0.4, 0.5) is 18.9 Å². The van der Waals surface area contributed by atoms with Gasteiger partial charge in [0.05, 0.1) is 5.56 Å². The lowest BCUT2D eigenvalue weighted by Gasteiger charge is -2.38. The molecular weight excluding hydrogens is 299 g/mol. The third-order valence-electron chi connectivity index (χ3n) is 4.12. The molecule has 0 radical (unpaired) electrons. The van der Waals surface area contributed by atoms with Gasteiger partial charge in [-0.05, 0) is 43.4 Å². The number of halogens is 4. The molecular formula is C16H21ClF3N. The highest BCUT2D eigenvalue weighted by Crippen LogP contribution is 2.37. The van der Waals surface area contributed by atoms with Crippen molar-refractivity contribution in [3.8, 4) is 0 Å². The van der Waals surface area contributed by atoms with E-state index in [1.165, 1.54) is 12.1 Å². The normalized spacial score (nSPS) is 19.9. The second-order valence-corrected chi connectivity index (χ2v) is 5.87. The molecule has 1 fully saturated rings. The maximum absolute atomic E-state index is 13.2. The fraction of sp³-hybridized carbons (Fsp3) is 0.625. The van der Waals surface area contributed by atoms with E-state index in [2.05, 4.69) is 11.8 Å². The van der Waals surface area contributed by atoms with Crippen molar-refractivity contribution >= 4 is 17.3 Å². The Morgan fingerprint density at radius 1 is 1.29 bits per heavy atom. The minimum absolute atomic E-state index is 0.118. The van der Waals surface area contributed by atoms with E-state index in [-0.39, 0.29) is 11.4 Å². The Kier molecular flexibility index (Phi) is 5.42. The molecule has 1 aromatic rings. The molecule has 0 aliphatic carbocycles. The molecule has 1 saturated heterocycles. The Hall–Kier alpha value is -0.900. The molecule has 1 aromatic carbocycles. The van der Waals surface area contributed by atoms with Gasteiger partial charge in [-0.3, -0.25) is 0 Å².